The van der Waals surface area contributed by atoms with Gasteiger partial charge in [0.05, 0.1) is 0 Å². The molecule has 0 aliphatic heterocycles. The summed E-state index contributed by atoms with van der Waals surface area (Å²) in [7, 11) is 0. The molecule has 0 bridgehead atoms. The van der Waals surface area contributed by atoms with Gasteiger partial charge in [-0.25, -0.2) is 0 Å². The van der Waals surface area contributed by atoms with Crippen molar-refractivity contribution in [1.82, 2.24) is 5.32 Å². The van der Waals surface area contributed by atoms with Crippen molar-refractivity contribution >= 4 is 5.97 Å². The lowest BCUT2D eigenvalue weighted by Gasteiger charge is -2.20. The topological polar surface area (TPSA) is 49.3 Å². The van der Waals surface area contributed by atoms with Crippen LogP contribution in [-0.4, -0.2) is 23.2 Å². The zero-order valence-corrected chi connectivity index (χ0v) is 8.96. The molecule has 0 aromatic rings. The summed E-state index contributed by atoms with van der Waals surface area (Å²) < 4.78 is 0. The van der Waals surface area contributed by atoms with Crippen molar-refractivity contribution in [2.45, 2.75) is 64.0 Å². The zero-order chi connectivity index (χ0) is 10.4. The smallest absolute Gasteiger partial charge is 0.320 e. The first-order chi connectivity index (χ1) is 6.74. The molecule has 0 saturated heterocycles. The minimum absolute atomic E-state index is 0.349. The van der Waals surface area contributed by atoms with E-state index >= 15 is 0 Å². The van der Waals surface area contributed by atoms with Gasteiger partial charge >= 0.3 is 5.97 Å². The summed E-state index contributed by atoms with van der Waals surface area (Å²) in [4.78, 5) is 10.8. The number of nitrogens with one attached hydrogen (secondary N) is 1. The van der Waals surface area contributed by atoms with Crippen molar-refractivity contribution in [2.75, 3.05) is 0 Å². The summed E-state index contributed by atoms with van der Waals surface area (Å²) in [6.45, 7) is 1.92. The van der Waals surface area contributed by atoms with E-state index in [9.17, 15) is 4.79 Å². The van der Waals surface area contributed by atoms with Crippen LogP contribution in [0.3, 0.4) is 0 Å². The second kappa shape index (κ2) is 6.02. The first-order valence-electron chi connectivity index (χ1n) is 5.73. The molecule has 1 aliphatic carbocycles. The molecule has 3 heteroatoms. The second-order valence-electron chi connectivity index (χ2n) is 4.15. The van der Waals surface area contributed by atoms with Gasteiger partial charge in [-0.15, -0.1) is 0 Å². The van der Waals surface area contributed by atoms with E-state index in [1.54, 1.807) is 0 Å². The van der Waals surface area contributed by atoms with E-state index in [0.717, 1.165) is 12.8 Å². The summed E-state index contributed by atoms with van der Waals surface area (Å²) in [6.07, 6.45) is 8.06. The molecule has 2 N–H and O–H groups in total. The number of carbonyl (C=O) groups is 1. The lowest BCUT2D eigenvalue weighted by atomic mass is 10.1. The maximum atomic E-state index is 10.8. The Kier molecular flexibility index (Phi) is 4.94. The van der Waals surface area contributed by atoms with Crippen LogP contribution in [0, 0.1) is 0 Å². The molecular weight excluding hydrogens is 178 g/mol. The predicted molar refractivity (Wildman–Crippen MR) is 56.3 cm³/mol. The fraction of sp³-hybridized carbons (Fsp3) is 0.909. The summed E-state index contributed by atoms with van der Waals surface area (Å²) in [5, 5.41) is 12.2. The summed E-state index contributed by atoms with van der Waals surface area (Å²) in [6, 6.07) is 0.0802. The minimum atomic E-state index is -0.711. The predicted octanol–water partition coefficient (Wildman–Crippen LogP) is 2.16. The first-order valence-corrected chi connectivity index (χ1v) is 5.73. The fourth-order valence-corrected chi connectivity index (χ4v) is 2.09. The lowest BCUT2D eigenvalue weighted by Crippen LogP contribution is -2.42. The first kappa shape index (κ1) is 11.5. The minimum Gasteiger partial charge on any atom is -0.480 e. The SMILES string of the molecule is CCC(NC1CCCCCC1)C(=O)O. The van der Waals surface area contributed by atoms with Gasteiger partial charge in [0, 0.05) is 6.04 Å². The second-order valence-corrected chi connectivity index (χ2v) is 4.15. The van der Waals surface area contributed by atoms with E-state index in [0.29, 0.717) is 12.5 Å². The van der Waals surface area contributed by atoms with E-state index < -0.39 is 5.97 Å². The lowest BCUT2D eigenvalue weighted by molar-refractivity contribution is -0.139. The molecule has 1 unspecified atom stereocenters. The van der Waals surface area contributed by atoms with E-state index in [4.69, 9.17) is 5.11 Å². The highest BCUT2D eigenvalue weighted by Crippen LogP contribution is 2.17. The van der Waals surface area contributed by atoms with E-state index in [1.165, 1.54) is 25.7 Å². The molecule has 0 aromatic carbocycles. The standard InChI is InChI=1S/C11H21NO2/c1-2-10(11(13)14)12-9-7-5-3-4-6-8-9/h9-10,12H,2-8H2,1H3,(H,13,14). The van der Waals surface area contributed by atoms with Crippen LogP contribution in [0.2, 0.25) is 0 Å². The number of rotatable bonds is 4. The number of aliphatic carboxylic acids is 1. The fourth-order valence-electron chi connectivity index (χ4n) is 2.09. The highest BCUT2D eigenvalue weighted by Gasteiger charge is 2.20. The van der Waals surface area contributed by atoms with Crippen molar-refractivity contribution in [1.29, 1.82) is 0 Å². The van der Waals surface area contributed by atoms with Gasteiger partial charge in [0.15, 0.2) is 0 Å². The molecule has 0 radical (unpaired) electrons. The van der Waals surface area contributed by atoms with Crippen LogP contribution in [0.15, 0.2) is 0 Å². The van der Waals surface area contributed by atoms with Crippen molar-refractivity contribution < 1.29 is 9.90 Å². The van der Waals surface area contributed by atoms with E-state index in [2.05, 4.69) is 5.32 Å². The number of hydrogen-bond donors (Lipinski definition) is 2. The van der Waals surface area contributed by atoms with Crippen LogP contribution in [0.25, 0.3) is 0 Å². The Bertz CT molecular complexity index is 174. The summed E-state index contributed by atoms with van der Waals surface area (Å²) >= 11 is 0. The van der Waals surface area contributed by atoms with Crippen LogP contribution in [0.4, 0.5) is 0 Å². The molecule has 14 heavy (non-hydrogen) atoms. The van der Waals surface area contributed by atoms with Crippen LogP contribution < -0.4 is 5.32 Å². The Hall–Kier alpha value is -0.570. The Morgan fingerprint density at radius 2 is 1.93 bits per heavy atom. The monoisotopic (exact) mass is 199 g/mol. The highest BCUT2D eigenvalue weighted by atomic mass is 16.4. The van der Waals surface area contributed by atoms with Crippen LogP contribution in [0.5, 0.6) is 0 Å². The van der Waals surface area contributed by atoms with Crippen LogP contribution >= 0.6 is 0 Å². The number of carboxylic acid groups (broad SMARTS) is 1. The van der Waals surface area contributed by atoms with Crippen molar-refractivity contribution in [2.24, 2.45) is 0 Å². The van der Waals surface area contributed by atoms with Gasteiger partial charge in [0.2, 0.25) is 0 Å². The van der Waals surface area contributed by atoms with Crippen molar-refractivity contribution in [3.63, 3.8) is 0 Å². The molecule has 0 aromatic heterocycles. The maximum Gasteiger partial charge on any atom is 0.320 e. The van der Waals surface area contributed by atoms with Gasteiger partial charge in [-0.3, -0.25) is 4.79 Å². The van der Waals surface area contributed by atoms with Gasteiger partial charge in [0.25, 0.3) is 0 Å². The molecule has 1 atom stereocenters. The molecule has 0 amide bonds. The van der Waals surface area contributed by atoms with Crippen LogP contribution in [0.1, 0.15) is 51.9 Å². The van der Waals surface area contributed by atoms with Gasteiger partial charge in [-0.1, -0.05) is 32.6 Å². The maximum absolute atomic E-state index is 10.8. The zero-order valence-electron chi connectivity index (χ0n) is 8.96. The summed E-state index contributed by atoms with van der Waals surface area (Å²) in [5.41, 5.74) is 0. The third kappa shape index (κ3) is 3.66. The van der Waals surface area contributed by atoms with Gasteiger partial charge in [-0.2, -0.15) is 0 Å². The largest absolute Gasteiger partial charge is 0.480 e. The normalized spacial score (nSPS) is 21.5. The Balaban J connectivity index is 2.35. The molecule has 0 heterocycles. The third-order valence-corrected chi connectivity index (χ3v) is 3.00. The molecule has 3 nitrogen and oxygen atoms in total. The van der Waals surface area contributed by atoms with Crippen LogP contribution in [-0.2, 0) is 4.79 Å². The Morgan fingerprint density at radius 3 is 2.36 bits per heavy atom. The molecule has 1 rings (SSSR count). The average molecular weight is 199 g/mol. The quantitative estimate of drug-likeness (QED) is 0.682. The Labute approximate surface area is 85.9 Å². The molecule has 82 valence electrons. The average Bonchev–Trinajstić information content (AvgIpc) is 2.41. The van der Waals surface area contributed by atoms with Gasteiger partial charge in [-0.05, 0) is 19.3 Å². The molecule has 0 spiro atoms. The molecule has 1 saturated carbocycles. The van der Waals surface area contributed by atoms with Crippen molar-refractivity contribution in [3.8, 4) is 0 Å². The van der Waals surface area contributed by atoms with Gasteiger partial charge in [0.1, 0.15) is 6.04 Å². The molecular formula is C11H21NO2. The molecule has 1 fully saturated rings. The third-order valence-electron chi connectivity index (χ3n) is 3.00. The Morgan fingerprint density at radius 1 is 1.36 bits per heavy atom. The number of hydrogen-bond acceptors (Lipinski definition) is 2. The van der Waals surface area contributed by atoms with Crippen molar-refractivity contribution in [3.05, 3.63) is 0 Å². The van der Waals surface area contributed by atoms with E-state index in [-0.39, 0.29) is 6.04 Å². The number of carboxylic acids is 1. The molecule has 1 aliphatic rings. The highest BCUT2D eigenvalue weighted by molar-refractivity contribution is 5.73. The van der Waals surface area contributed by atoms with E-state index in [1.807, 2.05) is 6.92 Å². The summed E-state index contributed by atoms with van der Waals surface area (Å²) in [5.74, 6) is -0.711. The van der Waals surface area contributed by atoms with Gasteiger partial charge < -0.3 is 10.4 Å².